The highest BCUT2D eigenvalue weighted by Gasteiger charge is 2.62. The zero-order valence-electron chi connectivity index (χ0n) is 14.5. The second-order valence-electron chi connectivity index (χ2n) is 8.80. The fourth-order valence-electron chi connectivity index (χ4n) is 6.65. The van der Waals surface area contributed by atoms with E-state index in [1.54, 1.807) is 0 Å². The molecule has 25 heavy (non-hydrogen) atoms. The summed E-state index contributed by atoms with van der Waals surface area (Å²) in [6, 6.07) is 8.99. The second kappa shape index (κ2) is 5.46. The number of amides is 2. The fraction of sp³-hybridized carbons (Fsp3) is 0.650. The van der Waals surface area contributed by atoms with E-state index >= 15 is 0 Å². The molecule has 1 aliphatic heterocycles. The molecule has 1 aromatic carbocycles. The Morgan fingerprint density at radius 2 is 2.16 bits per heavy atom. The number of halogens is 1. The van der Waals surface area contributed by atoms with Gasteiger partial charge in [0.1, 0.15) is 0 Å². The van der Waals surface area contributed by atoms with Gasteiger partial charge >= 0.3 is 6.03 Å². The van der Waals surface area contributed by atoms with Crippen LogP contribution >= 0.6 is 15.9 Å². The van der Waals surface area contributed by atoms with Gasteiger partial charge in [0.2, 0.25) is 0 Å². The van der Waals surface area contributed by atoms with Gasteiger partial charge in [0.15, 0.2) is 0 Å². The molecular formula is C20H25BrN2O2. The predicted molar refractivity (Wildman–Crippen MR) is 99.3 cm³/mol. The Balaban J connectivity index is 1.56. The van der Waals surface area contributed by atoms with Crippen LogP contribution in [0.25, 0.3) is 0 Å². The van der Waals surface area contributed by atoms with Crippen LogP contribution in [0.5, 0.6) is 0 Å². The van der Waals surface area contributed by atoms with Gasteiger partial charge in [-0.1, -0.05) is 28.1 Å². The molecule has 0 radical (unpaired) electrons. The summed E-state index contributed by atoms with van der Waals surface area (Å²) in [7, 11) is 0. The largest absolute Gasteiger partial charge is 0.389 e. The van der Waals surface area contributed by atoms with E-state index in [1.807, 2.05) is 6.07 Å². The second-order valence-corrected chi connectivity index (χ2v) is 9.72. The first-order valence-electron chi connectivity index (χ1n) is 9.49. The zero-order valence-corrected chi connectivity index (χ0v) is 16.1. The predicted octanol–water partition coefficient (Wildman–Crippen LogP) is 3.50. The molecular weight excluding hydrogens is 380 g/mol. The molecule has 4 aliphatic carbocycles. The van der Waals surface area contributed by atoms with Crippen molar-refractivity contribution in [2.24, 2.45) is 17.8 Å². The van der Waals surface area contributed by atoms with Crippen LogP contribution in [-0.2, 0) is 0 Å². The van der Waals surface area contributed by atoms with Gasteiger partial charge in [-0.3, -0.25) is 0 Å². The Morgan fingerprint density at radius 1 is 1.32 bits per heavy atom. The summed E-state index contributed by atoms with van der Waals surface area (Å²) >= 11 is 3.59. The number of aliphatic hydroxyl groups is 1. The van der Waals surface area contributed by atoms with Gasteiger partial charge in [-0.15, -0.1) is 0 Å². The molecule has 4 bridgehead atoms. The summed E-state index contributed by atoms with van der Waals surface area (Å²) in [5.41, 5.74) is 0.619. The van der Waals surface area contributed by atoms with E-state index in [9.17, 15) is 9.90 Å². The SMILES string of the molecule is CC1CN(C2C3CC4CC2C(c2cccc(Br)c2)C(O)(C4)C3)C(=O)N1. The van der Waals surface area contributed by atoms with Crippen molar-refractivity contribution in [1.82, 2.24) is 10.2 Å². The molecule has 0 aromatic heterocycles. The molecule has 5 heteroatoms. The lowest BCUT2D eigenvalue weighted by atomic mass is 9.46. The number of benzene rings is 1. The van der Waals surface area contributed by atoms with E-state index in [-0.39, 0.29) is 24.0 Å². The molecule has 5 aliphatic rings. The summed E-state index contributed by atoms with van der Waals surface area (Å²) < 4.78 is 1.06. The lowest BCUT2D eigenvalue weighted by Crippen LogP contribution is -2.65. The summed E-state index contributed by atoms with van der Waals surface area (Å²) in [5.74, 6) is 1.56. The standard InChI is InChI=1S/C20H25BrN2O2/c1-11-10-23(19(24)22-11)18-14-5-12-6-16(18)17(20(25,8-12)9-14)13-3-2-4-15(21)7-13/h2-4,7,11-12,14,16-18,25H,5-6,8-10H2,1H3,(H,22,24). The van der Waals surface area contributed by atoms with Crippen molar-refractivity contribution >= 4 is 22.0 Å². The fourth-order valence-corrected chi connectivity index (χ4v) is 7.07. The summed E-state index contributed by atoms with van der Waals surface area (Å²) in [6.45, 7) is 2.87. The number of nitrogens with one attached hydrogen (secondary N) is 1. The van der Waals surface area contributed by atoms with E-state index < -0.39 is 5.60 Å². The van der Waals surface area contributed by atoms with Crippen molar-refractivity contribution in [1.29, 1.82) is 0 Å². The number of nitrogens with zero attached hydrogens (tertiary/aromatic N) is 1. The Kier molecular flexibility index (Phi) is 3.52. The first-order chi connectivity index (χ1) is 11.9. The summed E-state index contributed by atoms with van der Waals surface area (Å²) in [4.78, 5) is 14.6. The molecule has 1 saturated heterocycles. The minimum absolute atomic E-state index is 0.0879. The molecule has 0 spiro atoms. The van der Waals surface area contributed by atoms with Crippen molar-refractivity contribution in [2.75, 3.05) is 6.54 Å². The van der Waals surface area contributed by atoms with Gasteiger partial charge in [0.05, 0.1) is 5.60 Å². The third kappa shape index (κ3) is 2.38. The molecule has 4 saturated carbocycles. The lowest BCUT2D eigenvalue weighted by Gasteiger charge is -2.63. The number of rotatable bonds is 2. The maximum atomic E-state index is 12.5. The van der Waals surface area contributed by atoms with Crippen LogP contribution in [0.1, 0.15) is 44.1 Å². The highest BCUT2D eigenvalue weighted by atomic mass is 79.9. The molecule has 2 N–H and O–H groups in total. The van der Waals surface area contributed by atoms with Gasteiger partial charge in [-0.25, -0.2) is 4.79 Å². The minimum atomic E-state index is -0.602. The molecule has 4 nitrogen and oxygen atoms in total. The number of urea groups is 1. The van der Waals surface area contributed by atoms with Gasteiger partial charge in [-0.2, -0.15) is 0 Å². The summed E-state index contributed by atoms with van der Waals surface area (Å²) in [5, 5.41) is 14.6. The lowest BCUT2D eigenvalue weighted by molar-refractivity contribution is -0.169. The first-order valence-corrected chi connectivity index (χ1v) is 10.3. The molecule has 5 fully saturated rings. The third-order valence-corrected chi connectivity index (χ3v) is 7.59. The van der Waals surface area contributed by atoms with E-state index in [0.29, 0.717) is 17.8 Å². The van der Waals surface area contributed by atoms with E-state index in [1.165, 1.54) is 12.0 Å². The van der Waals surface area contributed by atoms with Crippen molar-refractivity contribution in [2.45, 2.75) is 56.2 Å². The van der Waals surface area contributed by atoms with Crippen molar-refractivity contribution in [3.63, 3.8) is 0 Å². The van der Waals surface area contributed by atoms with E-state index in [2.05, 4.69) is 51.3 Å². The molecule has 134 valence electrons. The van der Waals surface area contributed by atoms with Gasteiger partial charge in [0.25, 0.3) is 0 Å². The average Bonchev–Trinajstić information content (AvgIpc) is 2.84. The van der Waals surface area contributed by atoms with E-state index in [0.717, 1.165) is 30.3 Å². The molecule has 6 rings (SSSR count). The first kappa shape index (κ1) is 16.1. The topological polar surface area (TPSA) is 52.6 Å². The third-order valence-electron chi connectivity index (χ3n) is 7.10. The molecule has 1 aromatic rings. The normalized spacial score (nSPS) is 45.1. The van der Waals surface area contributed by atoms with Crippen LogP contribution in [0, 0.1) is 17.8 Å². The highest BCUT2D eigenvalue weighted by Crippen LogP contribution is 2.63. The maximum Gasteiger partial charge on any atom is 0.318 e. The smallest absolute Gasteiger partial charge is 0.318 e. The highest BCUT2D eigenvalue weighted by molar-refractivity contribution is 9.10. The van der Waals surface area contributed by atoms with Crippen LogP contribution in [-0.4, -0.2) is 40.3 Å². The average molecular weight is 405 g/mol. The van der Waals surface area contributed by atoms with Crippen molar-refractivity contribution < 1.29 is 9.90 Å². The monoisotopic (exact) mass is 404 g/mol. The molecule has 7 atom stereocenters. The Hall–Kier alpha value is -1.07. The number of hydrogen-bond donors (Lipinski definition) is 2. The van der Waals surface area contributed by atoms with Gasteiger partial charge < -0.3 is 15.3 Å². The van der Waals surface area contributed by atoms with Crippen LogP contribution in [0.3, 0.4) is 0 Å². The Bertz CT molecular complexity index is 725. The quantitative estimate of drug-likeness (QED) is 0.792. The van der Waals surface area contributed by atoms with Crippen LogP contribution in [0.2, 0.25) is 0 Å². The Morgan fingerprint density at radius 3 is 2.88 bits per heavy atom. The van der Waals surface area contributed by atoms with Crippen LogP contribution < -0.4 is 5.32 Å². The van der Waals surface area contributed by atoms with Crippen LogP contribution in [0.15, 0.2) is 28.7 Å². The minimum Gasteiger partial charge on any atom is -0.389 e. The molecule has 1 heterocycles. The summed E-state index contributed by atoms with van der Waals surface area (Å²) in [6.07, 6.45) is 4.07. The number of hydrogen-bond acceptors (Lipinski definition) is 2. The Labute approximate surface area is 157 Å². The van der Waals surface area contributed by atoms with Gasteiger partial charge in [0, 0.05) is 29.0 Å². The maximum absolute atomic E-state index is 12.5. The van der Waals surface area contributed by atoms with Crippen molar-refractivity contribution in [3.05, 3.63) is 34.3 Å². The zero-order chi connectivity index (χ0) is 17.3. The number of carbonyl (C=O) groups excluding carboxylic acids is 1. The molecule has 2 amide bonds. The number of carbonyl (C=O) groups is 1. The molecule has 7 unspecified atom stereocenters. The van der Waals surface area contributed by atoms with Gasteiger partial charge in [-0.05, 0) is 68.1 Å². The van der Waals surface area contributed by atoms with Crippen LogP contribution in [0.4, 0.5) is 4.79 Å². The van der Waals surface area contributed by atoms with Crippen molar-refractivity contribution in [3.8, 4) is 0 Å². The van der Waals surface area contributed by atoms with E-state index in [4.69, 9.17) is 0 Å².